The highest BCUT2D eigenvalue weighted by molar-refractivity contribution is 5.55. The first-order valence-corrected chi connectivity index (χ1v) is 9.80. The zero-order valence-electron chi connectivity index (χ0n) is 16.0. The molecule has 28 heavy (non-hydrogen) atoms. The van der Waals surface area contributed by atoms with Gasteiger partial charge >= 0.3 is 0 Å². The van der Waals surface area contributed by atoms with Crippen molar-refractivity contribution < 1.29 is 9.47 Å². The Kier molecular flexibility index (Phi) is 6.10. The van der Waals surface area contributed by atoms with E-state index in [0.29, 0.717) is 6.61 Å². The third-order valence-corrected chi connectivity index (χ3v) is 4.94. The van der Waals surface area contributed by atoms with Crippen LogP contribution in [0.3, 0.4) is 0 Å². The lowest BCUT2D eigenvalue weighted by Gasteiger charge is -2.29. The fraction of sp³-hybridized carbons (Fsp3) is 0.250. The summed E-state index contributed by atoms with van der Waals surface area (Å²) in [7, 11) is 0. The summed E-state index contributed by atoms with van der Waals surface area (Å²) in [5, 5.41) is 3.51. The number of rotatable bonds is 7. The van der Waals surface area contributed by atoms with Gasteiger partial charge in [0.25, 0.3) is 0 Å². The molecule has 0 bridgehead atoms. The van der Waals surface area contributed by atoms with Crippen LogP contribution in [0, 0.1) is 0 Å². The maximum absolute atomic E-state index is 6.05. The Morgan fingerprint density at radius 2 is 1.54 bits per heavy atom. The fourth-order valence-corrected chi connectivity index (χ4v) is 3.33. The van der Waals surface area contributed by atoms with Gasteiger partial charge in [-0.25, -0.2) is 0 Å². The molecule has 1 saturated heterocycles. The molecule has 1 heterocycles. The Balaban J connectivity index is 1.35. The van der Waals surface area contributed by atoms with Crippen molar-refractivity contribution in [3.8, 4) is 5.75 Å². The molecule has 4 rings (SSSR count). The van der Waals surface area contributed by atoms with E-state index in [-0.39, 0.29) is 0 Å². The molecule has 1 aliphatic heterocycles. The highest BCUT2D eigenvalue weighted by Gasteiger charge is 2.11. The standard InChI is InChI=1S/C24H26N2O2/c1-2-6-20(7-3-1)19-28-24-9-5-4-8-21(24)18-25-22-10-12-23(13-11-22)26-14-16-27-17-15-26/h1-13,25H,14-19H2. The molecule has 0 spiro atoms. The minimum Gasteiger partial charge on any atom is -0.489 e. The number of hydrogen-bond acceptors (Lipinski definition) is 4. The SMILES string of the molecule is c1ccc(COc2ccccc2CNc2ccc(N3CCOCC3)cc2)cc1. The van der Waals surface area contributed by atoms with Crippen LogP contribution in [0.1, 0.15) is 11.1 Å². The van der Waals surface area contributed by atoms with Crippen molar-refractivity contribution in [2.45, 2.75) is 13.2 Å². The number of ether oxygens (including phenoxy) is 2. The van der Waals surface area contributed by atoms with Gasteiger partial charge in [0.05, 0.1) is 13.2 Å². The van der Waals surface area contributed by atoms with Crippen LogP contribution in [0.4, 0.5) is 11.4 Å². The largest absolute Gasteiger partial charge is 0.489 e. The Labute approximate surface area is 166 Å². The van der Waals surface area contributed by atoms with Crippen molar-refractivity contribution >= 4 is 11.4 Å². The highest BCUT2D eigenvalue weighted by Crippen LogP contribution is 2.23. The van der Waals surface area contributed by atoms with E-state index >= 15 is 0 Å². The van der Waals surface area contributed by atoms with Gasteiger partial charge in [0.15, 0.2) is 0 Å². The Morgan fingerprint density at radius 3 is 2.32 bits per heavy atom. The minimum absolute atomic E-state index is 0.575. The topological polar surface area (TPSA) is 33.7 Å². The highest BCUT2D eigenvalue weighted by atomic mass is 16.5. The first kappa shape index (κ1) is 18.4. The molecule has 3 aromatic carbocycles. The summed E-state index contributed by atoms with van der Waals surface area (Å²) in [5.74, 6) is 0.920. The predicted octanol–water partition coefficient (Wildman–Crippen LogP) is 4.71. The summed E-state index contributed by atoms with van der Waals surface area (Å²) in [5.41, 5.74) is 4.68. The monoisotopic (exact) mass is 374 g/mol. The molecular weight excluding hydrogens is 348 g/mol. The summed E-state index contributed by atoms with van der Waals surface area (Å²) in [4.78, 5) is 2.36. The predicted molar refractivity (Wildman–Crippen MR) is 114 cm³/mol. The second-order valence-electron chi connectivity index (χ2n) is 6.88. The van der Waals surface area contributed by atoms with Gasteiger partial charge < -0.3 is 19.7 Å². The first-order valence-electron chi connectivity index (χ1n) is 9.80. The summed E-state index contributed by atoms with van der Waals surface area (Å²) >= 11 is 0. The molecule has 4 nitrogen and oxygen atoms in total. The smallest absolute Gasteiger partial charge is 0.124 e. The van der Waals surface area contributed by atoms with Crippen LogP contribution in [0.5, 0.6) is 5.75 Å². The summed E-state index contributed by atoms with van der Waals surface area (Å²) < 4.78 is 11.5. The van der Waals surface area contributed by atoms with Crippen LogP contribution in [0.2, 0.25) is 0 Å². The molecular formula is C24H26N2O2. The van der Waals surface area contributed by atoms with E-state index in [9.17, 15) is 0 Å². The van der Waals surface area contributed by atoms with Crippen LogP contribution in [0.15, 0.2) is 78.9 Å². The molecule has 1 N–H and O–H groups in total. The molecule has 0 saturated carbocycles. The lowest BCUT2D eigenvalue weighted by Crippen LogP contribution is -2.36. The molecule has 0 amide bonds. The Bertz CT molecular complexity index is 859. The zero-order valence-corrected chi connectivity index (χ0v) is 16.0. The summed E-state index contributed by atoms with van der Waals surface area (Å²) in [6.07, 6.45) is 0. The van der Waals surface area contributed by atoms with E-state index in [2.05, 4.69) is 52.7 Å². The van der Waals surface area contributed by atoms with Gasteiger partial charge in [-0.15, -0.1) is 0 Å². The maximum atomic E-state index is 6.05. The van der Waals surface area contributed by atoms with Crippen LogP contribution in [-0.2, 0) is 17.9 Å². The van der Waals surface area contributed by atoms with Gasteiger partial charge in [-0.05, 0) is 35.9 Å². The van der Waals surface area contributed by atoms with E-state index in [4.69, 9.17) is 9.47 Å². The van der Waals surface area contributed by atoms with E-state index in [1.165, 1.54) is 11.3 Å². The van der Waals surface area contributed by atoms with Gasteiger partial charge in [0, 0.05) is 36.6 Å². The second-order valence-corrected chi connectivity index (χ2v) is 6.88. The average molecular weight is 374 g/mol. The normalized spacial score (nSPS) is 13.9. The van der Waals surface area contributed by atoms with Crippen molar-refractivity contribution in [2.75, 3.05) is 36.5 Å². The Morgan fingerprint density at radius 1 is 0.821 bits per heavy atom. The number of benzene rings is 3. The fourth-order valence-electron chi connectivity index (χ4n) is 3.33. The molecule has 4 heteroatoms. The number of nitrogens with one attached hydrogen (secondary N) is 1. The van der Waals surface area contributed by atoms with Crippen LogP contribution in [-0.4, -0.2) is 26.3 Å². The van der Waals surface area contributed by atoms with Gasteiger partial charge in [0.1, 0.15) is 12.4 Å². The first-order chi connectivity index (χ1) is 13.9. The Hall–Kier alpha value is -2.98. The molecule has 0 aromatic heterocycles. The molecule has 0 unspecified atom stereocenters. The van der Waals surface area contributed by atoms with Gasteiger partial charge in [-0.2, -0.15) is 0 Å². The van der Waals surface area contributed by atoms with Crippen molar-refractivity contribution in [2.24, 2.45) is 0 Å². The average Bonchev–Trinajstić information content (AvgIpc) is 2.78. The number of nitrogens with zero attached hydrogens (tertiary/aromatic N) is 1. The number of para-hydroxylation sites is 1. The molecule has 0 radical (unpaired) electrons. The van der Waals surface area contributed by atoms with Crippen LogP contribution >= 0.6 is 0 Å². The van der Waals surface area contributed by atoms with Crippen LogP contribution in [0.25, 0.3) is 0 Å². The third-order valence-electron chi connectivity index (χ3n) is 4.94. The van der Waals surface area contributed by atoms with E-state index in [0.717, 1.165) is 49.8 Å². The number of morpholine rings is 1. The lowest BCUT2D eigenvalue weighted by molar-refractivity contribution is 0.122. The van der Waals surface area contributed by atoms with E-state index < -0.39 is 0 Å². The van der Waals surface area contributed by atoms with Gasteiger partial charge in [-0.3, -0.25) is 0 Å². The van der Waals surface area contributed by atoms with Gasteiger partial charge in [-0.1, -0.05) is 48.5 Å². The van der Waals surface area contributed by atoms with Crippen molar-refractivity contribution in [1.29, 1.82) is 0 Å². The summed E-state index contributed by atoms with van der Waals surface area (Å²) in [6, 6.07) is 27.1. The van der Waals surface area contributed by atoms with Crippen molar-refractivity contribution in [1.82, 2.24) is 0 Å². The van der Waals surface area contributed by atoms with Crippen LogP contribution < -0.4 is 15.0 Å². The molecule has 0 atom stereocenters. The van der Waals surface area contributed by atoms with E-state index in [1.807, 2.05) is 36.4 Å². The van der Waals surface area contributed by atoms with E-state index in [1.54, 1.807) is 0 Å². The minimum atomic E-state index is 0.575. The lowest BCUT2D eigenvalue weighted by atomic mass is 10.2. The quantitative estimate of drug-likeness (QED) is 0.649. The molecule has 1 fully saturated rings. The molecule has 144 valence electrons. The number of anilines is 2. The zero-order chi connectivity index (χ0) is 19.0. The van der Waals surface area contributed by atoms with Crippen molar-refractivity contribution in [3.63, 3.8) is 0 Å². The second kappa shape index (κ2) is 9.29. The number of hydrogen-bond donors (Lipinski definition) is 1. The molecule has 0 aliphatic carbocycles. The third kappa shape index (κ3) is 4.84. The van der Waals surface area contributed by atoms with Crippen molar-refractivity contribution in [3.05, 3.63) is 90.0 Å². The van der Waals surface area contributed by atoms with Gasteiger partial charge in [0.2, 0.25) is 0 Å². The maximum Gasteiger partial charge on any atom is 0.124 e. The summed E-state index contributed by atoms with van der Waals surface area (Å²) in [6.45, 7) is 4.82. The molecule has 3 aromatic rings. The molecule has 1 aliphatic rings.